The van der Waals surface area contributed by atoms with Gasteiger partial charge in [-0.1, -0.05) is 63.1 Å². The van der Waals surface area contributed by atoms with E-state index in [0.29, 0.717) is 22.5 Å². The molecule has 59 heavy (non-hydrogen) atoms. The number of nitro benzene ring substituents is 2. The molecule has 0 aliphatic carbocycles. The summed E-state index contributed by atoms with van der Waals surface area (Å²) in [5.74, 6) is -0.580. The molecule has 0 bridgehead atoms. The average molecular weight is 848 g/mol. The average Bonchev–Trinajstić information content (AvgIpc) is 3.66. The molecule has 16 nitrogen and oxygen atoms in total. The van der Waals surface area contributed by atoms with Gasteiger partial charge >= 0.3 is 0 Å². The van der Waals surface area contributed by atoms with Gasteiger partial charge in [-0.15, -0.1) is 0 Å². The van der Waals surface area contributed by atoms with Gasteiger partial charge in [0, 0.05) is 53.5 Å². The van der Waals surface area contributed by atoms with Gasteiger partial charge < -0.3 is 20.4 Å². The molecule has 0 atom stereocenters. The van der Waals surface area contributed by atoms with Crippen molar-refractivity contribution in [1.29, 1.82) is 0 Å². The Bertz CT molecular complexity index is 2420. The third-order valence-corrected chi connectivity index (χ3v) is 9.11. The molecule has 4 aromatic carbocycles. The fraction of sp³-hybridized carbons (Fsp3) is 0.238. The van der Waals surface area contributed by atoms with Crippen LogP contribution in [0.5, 0.6) is 23.3 Å². The normalized spacial score (nSPS) is 11.3. The van der Waals surface area contributed by atoms with Crippen LogP contribution in [0.1, 0.15) is 84.3 Å². The number of aromatic nitrogens is 4. The van der Waals surface area contributed by atoms with Crippen LogP contribution >= 0.6 is 0 Å². The van der Waals surface area contributed by atoms with Gasteiger partial charge in [-0.05, 0) is 74.9 Å². The predicted octanol–water partition coefficient (Wildman–Crippen LogP) is 9.36. The van der Waals surface area contributed by atoms with Gasteiger partial charge in [-0.3, -0.25) is 30.2 Å². The zero-order valence-electron chi connectivity index (χ0n) is 33.6. The van der Waals surface area contributed by atoms with Crippen molar-refractivity contribution in [1.82, 2.24) is 19.6 Å². The number of non-ortho nitro benzene ring substituents is 2. The van der Waals surface area contributed by atoms with Crippen molar-refractivity contribution in [3.63, 3.8) is 0 Å². The van der Waals surface area contributed by atoms with Crippen molar-refractivity contribution in [2.75, 3.05) is 0 Å². The monoisotopic (exact) mass is 847 g/mol. The minimum atomic E-state index is -0.562. The summed E-state index contributed by atoms with van der Waals surface area (Å²) in [5, 5.41) is 72.7. The summed E-state index contributed by atoms with van der Waals surface area (Å²) in [7, 11) is 0. The van der Waals surface area contributed by atoms with E-state index in [-0.39, 0.29) is 74.6 Å². The van der Waals surface area contributed by atoms with E-state index >= 15 is 0 Å². The van der Waals surface area contributed by atoms with Crippen LogP contribution in [0.2, 0.25) is 0 Å². The summed E-state index contributed by atoms with van der Waals surface area (Å²) in [5.41, 5.74) is 7.33. The molecule has 4 N–H and O–H groups in total. The molecule has 17 heteroatoms. The number of nitrogens with zero attached hydrogens (tertiary/aromatic N) is 8. The standard InChI is InChI=1S/2C21H22N4O4.Co/c2*1-12(2)20-16(11-22-17-10-15(25(28)29)6-8-19(17)26)21(27)24(23-20)18-7-5-13(3)9-14(18)4;/h2*5-12,26-27H,1-4H3;. The maximum atomic E-state index is 11.0. The zero-order chi connectivity index (χ0) is 42.6. The van der Waals surface area contributed by atoms with Crippen molar-refractivity contribution < 1.29 is 47.1 Å². The predicted molar refractivity (Wildman–Crippen MR) is 222 cm³/mol. The van der Waals surface area contributed by atoms with Crippen molar-refractivity contribution in [2.45, 2.75) is 67.2 Å². The van der Waals surface area contributed by atoms with Gasteiger partial charge in [-0.2, -0.15) is 10.2 Å². The van der Waals surface area contributed by atoms with E-state index in [0.717, 1.165) is 33.6 Å². The Kier molecular flexibility index (Phi) is 14.1. The number of aromatic hydroxyl groups is 4. The quantitative estimate of drug-likeness (QED) is 0.0580. The van der Waals surface area contributed by atoms with Crippen molar-refractivity contribution >= 4 is 35.2 Å². The van der Waals surface area contributed by atoms with Crippen LogP contribution < -0.4 is 0 Å². The Morgan fingerprint density at radius 3 is 1.25 bits per heavy atom. The number of hydrogen-bond donors (Lipinski definition) is 4. The van der Waals surface area contributed by atoms with Crippen molar-refractivity contribution in [2.24, 2.45) is 9.98 Å². The molecule has 6 aromatic rings. The van der Waals surface area contributed by atoms with Crippen LogP contribution in [0.25, 0.3) is 11.4 Å². The van der Waals surface area contributed by atoms with E-state index in [1.165, 1.54) is 58.2 Å². The molecular weight excluding hydrogens is 803 g/mol. The SMILES string of the molecule is Cc1ccc(-n2nc(C(C)C)c(C=Nc3cc([N+](=O)[O-])ccc3O)c2O)c(C)c1.Cc1ccc(-n2nc(C(C)C)c(C=Nc3cc([N+](=O)[O-])ccc3O)c2O)c(C)c1.[Co]. The van der Waals surface area contributed by atoms with Gasteiger partial charge in [0.1, 0.15) is 22.9 Å². The third-order valence-electron chi connectivity index (χ3n) is 9.11. The van der Waals surface area contributed by atoms with Crippen molar-refractivity contribution in [3.8, 4) is 34.6 Å². The van der Waals surface area contributed by atoms with E-state index in [1.807, 2.05) is 91.8 Å². The molecular formula is C42H44CoN8O8. The fourth-order valence-electron chi connectivity index (χ4n) is 6.12. The summed E-state index contributed by atoms with van der Waals surface area (Å²) in [4.78, 5) is 29.2. The number of phenols is 2. The zero-order valence-corrected chi connectivity index (χ0v) is 34.6. The first-order valence-corrected chi connectivity index (χ1v) is 18.2. The Hall–Kier alpha value is -6.85. The van der Waals surface area contributed by atoms with Crippen molar-refractivity contribution in [3.05, 3.63) is 138 Å². The smallest absolute Gasteiger partial charge is 0.271 e. The summed E-state index contributed by atoms with van der Waals surface area (Å²) in [6.45, 7) is 15.6. The van der Waals surface area contributed by atoms with Gasteiger partial charge in [0.15, 0.2) is 0 Å². The van der Waals surface area contributed by atoms with E-state index in [2.05, 4.69) is 20.2 Å². The van der Waals surface area contributed by atoms with Gasteiger partial charge in [0.05, 0.1) is 43.7 Å². The Labute approximate surface area is 350 Å². The summed E-state index contributed by atoms with van der Waals surface area (Å²) in [6, 6.07) is 18.8. The molecule has 0 aliphatic heterocycles. The minimum Gasteiger partial charge on any atom is -0.506 e. The number of nitro groups is 2. The summed E-state index contributed by atoms with van der Waals surface area (Å²) < 4.78 is 2.91. The molecule has 0 spiro atoms. The van der Waals surface area contributed by atoms with E-state index in [9.17, 15) is 40.7 Å². The number of phenolic OH excluding ortho intramolecular Hbond substituents is 2. The molecule has 309 valence electrons. The maximum absolute atomic E-state index is 11.0. The largest absolute Gasteiger partial charge is 0.506 e. The maximum Gasteiger partial charge on any atom is 0.271 e. The number of aryl methyl sites for hydroxylation is 4. The second-order valence-corrected chi connectivity index (χ2v) is 14.3. The number of hydrogen-bond acceptors (Lipinski definition) is 12. The minimum absolute atomic E-state index is 0. The van der Waals surface area contributed by atoms with Crippen LogP contribution in [-0.4, -0.2) is 62.3 Å². The number of rotatable bonds is 10. The summed E-state index contributed by atoms with van der Waals surface area (Å²) in [6.07, 6.45) is 2.74. The Morgan fingerprint density at radius 2 is 0.949 bits per heavy atom. The van der Waals surface area contributed by atoms with E-state index in [4.69, 9.17) is 0 Å². The number of benzene rings is 4. The first-order chi connectivity index (χ1) is 27.4. The molecule has 6 rings (SSSR count). The van der Waals surface area contributed by atoms with Crippen LogP contribution in [0.4, 0.5) is 22.7 Å². The van der Waals surface area contributed by atoms with Crippen LogP contribution in [0.15, 0.2) is 82.8 Å². The molecule has 0 fully saturated rings. The topological polar surface area (TPSA) is 228 Å². The second-order valence-electron chi connectivity index (χ2n) is 14.3. The fourth-order valence-corrected chi connectivity index (χ4v) is 6.12. The molecule has 0 aliphatic rings. The van der Waals surface area contributed by atoms with Crippen LogP contribution in [0.3, 0.4) is 0 Å². The first kappa shape index (κ1) is 44.9. The van der Waals surface area contributed by atoms with Gasteiger partial charge in [0.2, 0.25) is 11.8 Å². The molecule has 0 saturated carbocycles. The Morgan fingerprint density at radius 1 is 0.593 bits per heavy atom. The second kappa shape index (κ2) is 18.6. The summed E-state index contributed by atoms with van der Waals surface area (Å²) >= 11 is 0. The van der Waals surface area contributed by atoms with Gasteiger partial charge in [-0.25, -0.2) is 9.36 Å². The van der Waals surface area contributed by atoms with E-state index in [1.54, 1.807) is 0 Å². The molecule has 1 radical (unpaired) electrons. The Balaban J connectivity index is 0.000000256. The van der Waals surface area contributed by atoms with Crippen LogP contribution in [-0.2, 0) is 16.8 Å². The molecule has 2 aromatic heterocycles. The van der Waals surface area contributed by atoms with Gasteiger partial charge in [0.25, 0.3) is 11.4 Å². The molecule has 2 heterocycles. The first-order valence-electron chi connectivity index (χ1n) is 18.2. The molecule has 0 unspecified atom stereocenters. The molecule has 0 amide bonds. The third kappa shape index (κ3) is 10.0. The number of aliphatic imine (C=N–C) groups is 2. The van der Waals surface area contributed by atoms with E-state index < -0.39 is 9.85 Å². The molecule has 0 saturated heterocycles. The van der Waals surface area contributed by atoms with Crippen LogP contribution in [0, 0.1) is 47.9 Å².